The molecule has 0 aromatic heterocycles. The second-order valence-electron chi connectivity index (χ2n) is 8.54. The van der Waals surface area contributed by atoms with Gasteiger partial charge in [-0.1, -0.05) is 30.3 Å². The number of rotatable bonds is 5. The Bertz CT molecular complexity index is 1290. The number of para-hydroxylation sites is 1. The smallest absolute Gasteiger partial charge is 0.337 e. The van der Waals surface area contributed by atoms with Crippen LogP contribution in [0.4, 0.5) is 10.5 Å². The number of hydrogen-bond donors (Lipinski definition) is 1. The van der Waals surface area contributed by atoms with Gasteiger partial charge >= 0.3 is 6.03 Å². The molecule has 8 nitrogen and oxygen atoms in total. The van der Waals surface area contributed by atoms with E-state index in [-0.39, 0.29) is 18.0 Å². The molecule has 0 fully saturated rings. The van der Waals surface area contributed by atoms with Crippen LogP contribution in [0.25, 0.3) is 0 Å². The van der Waals surface area contributed by atoms with Gasteiger partial charge in [0.25, 0.3) is 5.91 Å². The standard InChI is InChI=1S/C28H30N4O4/c1-18-15-21-16-24(35-4)25(36-5)17-23(21)26(30-32(18)28(34)29-2)19-11-13-20(14-12-19)27(33)31(3)22-9-7-6-8-10-22/h6-14,16-18H,15H2,1-5H3,(H,29,34)/t18-/m1/s1. The molecule has 0 aliphatic carbocycles. The Morgan fingerprint density at radius 1 is 1.00 bits per heavy atom. The predicted octanol–water partition coefficient (Wildman–Crippen LogP) is 4.32. The van der Waals surface area contributed by atoms with Crippen LogP contribution < -0.4 is 19.7 Å². The molecule has 36 heavy (non-hydrogen) atoms. The van der Waals surface area contributed by atoms with Crippen molar-refractivity contribution in [1.82, 2.24) is 10.3 Å². The molecule has 3 amide bonds. The largest absolute Gasteiger partial charge is 0.493 e. The third-order valence-corrected chi connectivity index (χ3v) is 6.28. The summed E-state index contributed by atoms with van der Waals surface area (Å²) < 4.78 is 11.1. The Morgan fingerprint density at radius 2 is 1.64 bits per heavy atom. The van der Waals surface area contributed by atoms with Gasteiger partial charge < -0.3 is 19.7 Å². The van der Waals surface area contributed by atoms with Crippen molar-refractivity contribution in [2.45, 2.75) is 19.4 Å². The molecule has 1 aliphatic heterocycles. The van der Waals surface area contributed by atoms with Gasteiger partial charge in [0.1, 0.15) is 0 Å². The Labute approximate surface area is 211 Å². The van der Waals surface area contributed by atoms with Crippen molar-refractivity contribution < 1.29 is 19.1 Å². The maximum atomic E-state index is 13.1. The van der Waals surface area contributed by atoms with E-state index in [0.29, 0.717) is 29.2 Å². The monoisotopic (exact) mass is 486 g/mol. The van der Waals surface area contributed by atoms with E-state index in [1.54, 1.807) is 45.3 Å². The number of nitrogens with one attached hydrogen (secondary N) is 1. The van der Waals surface area contributed by atoms with E-state index in [0.717, 1.165) is 22.4 Å². The summed E-state index contributed by atoms with van der Waals surface area (Å²) in [6.07, 6.45) is 0.578. The third-order valence-electron chi connectivity index (χ3n) is 6.28. The Kier molecular flexibility index (Phi) is 7.24. The molecule has 8 heteroatoms. The fourth-order valence-electron chi connectivity index (χ4n) is 4.28. The van der Waals surface area contributed by atoms with Crippen LogP contribution in [-0.2, 0) is 6.42 Å². The zero-order valence-electron chi connectivity index (χ0n) is 21.1. The molecular weight excluding hydrogens is 456 g/mol. The maximum Gasteiger partial charge on any atom is 0.337 e. The first-order valence-corrected chi connectivity index (χ1v) is 11.7. The van der Waals surface area contributed by atoms with Gasteiger partial charge in [0, 0.05) is 36.5 Å². The van der Waals surface area contributed by atoms with Crippen LogP contribution in [0.3, 0.4) is 0 Å². The molecule has 0 radical (unpaired) electrons. The molecule has 0 saturated carbocycles. The van der Waals surface area contributed by atoms with Crippen molar-refractivity contribution in [2.75, 3.05) is 33.2 Å². The lowest BCUT2D eigenvalue weighted by molar-refractivity contribution is 0.0993. The highest BCUT2D eigenvalue weighted by Gasteiger charge is 2.28. The van der Waals surface area contributed by atoms with E-state index in [1.807, 2.05) is 61.5 Å². The lowest BCUT2D eigenvalue weighted by Crippen LogP contribution is -2.41. The maximum absolute atomic E-state index is 13.1. The molecule has 4 rings (SSSR count). The molecule has 0 bridgehead atoms. The van der Waals surface area contributed by atoms with Gasteiger partial charge in [-0.15, -0.1) is 0 Å². The first kappa shape index (κ1) is 24.8. The van der Waals surface area contributed by atoms with E-state index in [9.17, 15) is 9.59 Å². The SMILES string of the molecule is CNC(=O)N1N=C(c2ccc(C(=O)N(C)c3ccccc3)cc2)c2cc(OC)c(OC)cc2C[C@H]1C. The number of nitrogens with zero attached hydrogens (tertiary/aromatic N) is 3. The van der Waals surface area contributed by atoms with Crippen molar-refractivity contribution in [3.05, 3.63) is 89.0 Å². The summed E-state index contributed by atoms with van der Waals surface area (Å²) in [4.78, 5) is 27.3. The number of carbonyl (C=O) groups excluding carboxylic acids is 2. The van der Waals surface area contributed by atoms with Crippen molar-refractivity contribution >= 4 is 23.3 Å². The first-order valence-electron chi connectivity index (χ1n) is 11.7. The van der Waals surface area contributed by atoms with E-state index in [4.69, 9.17) is 14.6 Å². The lowest BCUT2D eigenvalue weighted by atomic mass is 9.93. The molecule has 1 heterocycles. The van der Waals surface area contributed by atoms with Gasteiger partial charge in [-0.05, 0) is 55.3 Å². The second-order valence-corrected chi connectivity index (χ2v) is 8.54. The number of fused-ring (bicyclic) bond motifs is 1. The van der Waals surface area contributed by atoms with E-state index in [2.05, 4.69) is 5.32 Å². The molecule has 1 aliphatic rings. The van der Waals surface area contributed by atoms with Crippen molar-refractivity contribution in [2.24, 2.45) is 5.10 Å². The number of benzene rings is 3. The minimum absolute atomic E-state index is 0.122. The zero-order valence-corrected chi connectivity index (χ0v) is 21.1. The third kappa shape index (κ3) is 4.75. The summed E-state index contributed by atoms with van der Waals surface area (Å²) in [7, 11) is 6.51. The van der Waals surface area contributed by atoms with Crippen LogP contribution in [-0.4, -0.2) is 57.0 Å². The van der Waals surface area contributed by atoms with Gasteiger partial charge in [-0.2, -0.15) is 5.10 Å². The first-order chi connectivity index (χ1) is 17.4. The molecule has 1 atom stereocenters. The van der Waals surface area contributed by atoms with E-state index < -0.39 is 0 Å². The minimum Gasteiger partial charge on any atom is -0.493 e. The number of anilines is 1. The zero-order chi connectivity index (χ0) is 25.8. The van der Waals surface area contributed by atoms with Gasteiger partial charge in [-0.3, -0.25) is 4.79 Å². The summed E-state index contributed by atoms with van der Waals surface area (Å²) >= 11 is 0. The average molecular weight is 487 g/mol. The Morgan fingerprint density at radius 3 is 2.25 bits per heavy atom. The van der Waals surface area contributed by atoms with Crippen molar-refractivity contribution in [1.29, 1.82) is 0 Å². The summed E-state index contributed by atoms with van der Waals surface area (Å²) in [5.41, 5.74) is 4.55. The van der Waals surface area contributed by atoms with Gasteiger partial charge in [-0.25, -0.2) is 9.80 Å². The number of carbonyl (C=O) groups is 2. The number of hydrazone groups is 1. The minimum atomic E-state index is -0.303. The number of hydrogen-bond acceptors (Lipinski definition) is 5. The molecule has 3 aromatic carbocycles. The van der Waals surface area contributed by atoms with Gasteiger partial charge in [0.15, 0.2) is 11.5 Å². The van der Waals surface area contributed by atoms with Gasteiger partial charge in [0.2, 0.25) is 0 Å². The van der Waals surface area contributed by atoms with Crippen LogP contribution in [0.15, 0.2) is 71.8 Å². The van der Waals surface area contributed by atoms with Crippen LogP contribution >= 0.6 is 0 Å². The Balaban J connectivity index is 1.77. The normalized spacial score (nSPS) is 14.8. The number of urea groups is 1. The highest BCUT2D eigenvalue weighted by atomic mass is 16.5. The molecular formula is C28H30N4O4. The number of ether oxygens (including phenoxy) is 2. The molecule has 0 saturated heterocycles. The van der Waals surface area contributed by atoms with Crippen LogP contribution in [0.5, 0.6) is 11.5 Å². The fraction of sp³-hybridized carbons (Fsp3) is 0.250. The van der Waals surface area contributed by atoms with Crippen LogP contribution in [0.2, 0.25) is 0 Å². The highest BCUT2D eigenvalue weighted by molar-refractivity contribution is 6.15. The lowest BCUT2D eigenvalue weighted by Gasteiger charge is -2.22. The summed E-state index contributed by atoms with van der Waals surface area (Å²) in [5.74, 6) is 1.06. The topological polar surface area (TPSA) is 83.5 Å². The van der Waals surface area contributed by atoms with E-state index in [1.165, 1.54) is 5.01 Å². The van der Waals surface area contributed by atoms with E-state index >= 15 is 0 Å². The molecule has 1 N–H and O–H groups in total. The van der Waals surface area contributed by atoms with Crippen molar-refractivity contribution in [3.8, 4) is 11.5 Å². The Hall–Kier alpha value is -4.33. The summed E-state index contributed by atoms with van der Waals surface area (Å²) in [6, 6.07) is 20.1. The second kappa shape index (κ2) is 10.5. The highest BCUT2D eigenvalue weighted by Crippen LogP contribution is 2.34. The number of methoxy groups -OCH3 is 2. The molecule has 0 spiro atoms. The van der Waals surface area contributed by atoms with Crippen molar-refractivity contribution in [3.63, 3.8) is 0 Å². The summed E-state index contributed by atoms with van der Waals surface area (Å²) in [6.45, 7) is 1.95. The van der Waals surface area contributed by atoms with Crippen LogP contribution in [0.1, 0.15) is 34.0 Å². The fourth-order valence-corrected chi connectivity index (χ4v) is 4.28. The quantitative estimate of drug-likeness (QED) is 0.582. The average Bonchev–Trinajstić information content (AvgIpc) is 3.06. The molecule has 0 unspecified atom stereocenters. The molecule has 3 aromatic rings. The summed E-state index contributed by atoms with van der Waals surface area (Å²) in [5, 5.41) is 8.90. The van der Waals surface area contributed by atoms with Crippen LogP contribution in [0, 0.1) is 0 Å². The predicted molar refractivity (Wildman–Crippen MR) is 140 cm³/mol. The molecule has 186 valence electrons. The number of amides is 3. The van der Waals surface area contributed by atoms with Gasteiger partial charge in [0.05, 0.1) is 26.0 Å².